The molecule has 5 heteroatoms. The van der Waals surface area contributed by atoms with E-state index in [0.29, 0.717) is 5.69 Å². The Kier molecular flexibility index (Phi) is 2.30. The average molecular weight is 175 g/mol. The lowest BCUT2D eigenvalue weighted by atomic mass is 10.3. The van der Waals surface area contributed by atoms with Gasteiger partial charge in [0.1, 0.15) is 12.2 Å². The van der Waals surface area contributed by atoms with Gasteiger partial charge in [-0.15, -0.1) is 0 Å². The Labute approximate surface area is 67.5 Å². The number of aromatic nitrogens is 2. The minimum atomic E-state index is -4.24. The van der Waals surface area contributed by atoms with Crippen molar-refractivity contribution in [3.63, 3.8) is 0 Å². The van der Waals surface area contributed by atoms with E-state index in [4.69, 9.17) is 0 Å². The molecule has 1 aromatic rings. The molecule has 0 fully saturated rings. The highest BCUT2D eigenvalue weighted by atomic mass is 19.4. The third-order valence-electron chi connectivity index (χ3n) is 1.14. The van der Waals surface area contributed by atoms with Gasteiger partial charge in [0.05, 0.1) is 0 Å². The lowest BCUT2D eigenvalue weighted by Gasteiger charge is -2.04. The van der Waals surface area contributed by atoms with Crippen LogP contribution in [0, 0.1) is 13.0 Å². The third kappa shape index (κ3) is 2.86. The summed E-state index contributed by atoms with van der Waals surface area (Å²) in [5, 5.41) is 0. The zero-order chi connectivity index (χ0) is 9.19. The second kappa shape index (κ2) is 3.08. The Morgan fingerprint density at radius 1 is 1.50 bits per heavy atom. The SMILES string of the molecule is Cc1[c]cnc(CC(F)(F)F)n1. The van der Waals surface area contributed by atoms with Crippen molar-refractivity contribution >= 4 is 0 Å². The number of aryl methyl sites for hydroxylation is 1. The highest BCUT2D eigenvalue weighted by Gasteiger charge is 2.29. The lowest BCUT2D eigenvalue weighted by Crippen LogP contribution is -2.14. The predicted molar refractivity (Wildman–Crippen MR) is 35.4 cm³/mol. The van der Waals surface area contributed by atoms with Crippen molar-refractivity contribution in [2.75, 3.05) is 0 Å². The minimum Gasteiger partial charge on any atom is -0.240 e. The summed E-state index contributed by atoms with van der Waals surface area (Å²) >= 11 is 0. The Morgan fingerprint density at radius 3 is 2.67 bits per heavy atom. The van der Waals surface area contributed by atoms with Crippen molar-refractivity contribution < 1.29 is 13.2 Å². The molecule has 0 unspecified atom stereocenters. The number of nitrogens with zero attached hydrogens (tertiary/aromatic N) is 2. The van der Waals surface area contributed by atoms with Gasteiger partial charge in [0.2, 0.25) is 0 Å². The predicted octanol–water partition coefficient (Wildman–Crippen LogP) is 1.69. The van der Waals surface area contributed by atoms with E-state index >= 15 is 0 Å². The van der Waals surface area contributed by atoms with Gasteiger partial charge in [0, 0.05) is 18.0 Å². The molecule has 0 aliphatic carbocycles. The van der Waals surface area contributed by atoms with Crippen LogP contribution in [-0.2, 0) is 6.42 Å². The molecule has 0 aliphatic heterocycles. The molecular formula is C7H6F3N2. The quantitative estimate of drug-likeness (QED) is 0.649. The fourth-order valence-electron chi connectivity index (χ4n) is 0.719. The largest absolute Gasteiger partial charge is 0.396 e. The van der Waals surface area contributed by atoms with Gasteiger partial charge in [-0.2, -0.15) is 13.2 Å². The first kappa shape index (κ1) is 8.96. The molecule has 0 spiro atoms. The second-order valence-corrected chi connectivity index (χ2v) is 2.31. The van der Waals surface area contributed by atoms with Gasteiger partial charge in [0.25, 0.3) is 0 Å². The molecular weight excluding hydrogens is 169 g/mol. The van der Waals surface area contributed by atoms with Crippen LogP contribution in [-0.4, -0.2) is 16.1 Å². The van der Waals surface area contributed by atoms with Gasteiger partial charge in [-0.25, -0.2) is 9.97 Å². The van der Waals surface area contributed by atoms with Crippen LogP contribution in [0.3, 0.4) is 0 Å². The first-order chi connectivity index (χ1) is 5.47. The minimum absolute atomic E-state index is 0.209. The summed E-state index contributed by atoms with van der Waals surface area (Å²) in [6.07, 6.45) is -4.13. The van der Waals surface area contributed by atoms with Gasteiger partial charge in [0.15, 0.2) is 0 Å². The fourth-order valence-corrected chi connectivity index (χ4v) is 0.719. The molecule has 0 aliphatic rings. The molecule has 0 saturated heterocycles. The Hall–Kier alpha value is -1.13. The van der Waals surface area contributed by atoms with Crippen LogP contribution in [0.25, 0.3) is 0 Å². The first-order valence-electron chi connectivity index (χ1n) is 3.24. The van der Waals surface area contributed by atoms with E-state index in [9.17, 15) is 13.2 Å². The Bertz CT molecular complexity index is 270. The molecule has 1 aromatic heterocycles. The van der Waals surface area contributed by atoms with Gasteiger partial charge in [-0.1, -0.05) is 0 Å². The molecule has 0 aromatic carbocycles. The summed E-state index contributed by atoms with van der Waals surface area (Å²) in [4.78, 5) is 7.01. The third-order valence-corrected chi connectivity index (χ3v) is 1.14. The number of hydrogen-bond donors (Lipinski definition) is 0. The van der Waals surface area contributed by atoms with Crippen LogP contribution in [0.2, 0.25) is 0 Å². The maximum absolute atomic E-state index is 11.8. The highest BCUT2D eigenvalue weighted by molar-refractivity contribution is 4.98. The molecule has 0 amide bonds. The highest BCUT2D eigenvalue weighted by Crippen LogP contribution is 2.18. The number of alkyl halides is 3. The summed E-state index contributed by atoms with van der Waals surface area (Å²) in [5.74, 6) is -0.209. The molecule has 1 radical (unpaired) electrons. The summed E-state index contributed by atoms with van der Waals surface area (Å²) in [7, 11) is 0. The van der Waals surface area contributed by atoms with E-state index < -0.39 is 12.6 Å². The number of hydrogen-bond acceptors (Lipinski definition) is 2. The standard InChI is InChI=1S/C7H6F3N2/c1-5-2-3-11-6(12-5)4-7(8,9)10/h3H,4H2,1H3. The van der Waals surface area contributed by atoms with Gasteiger partial charge in [-0.05, 0) is 6.92 Å². The first-order valence-corrected chi connectivity index (χ1v) is 3.24. The van der Waals surface area contributed by atoms with Crippen molar-refractivity contribution in [3.8, 4) is 0 Å². The summed E-state index contributed by atoms with van der Waals surface area (Å²) in [5.41, 5.74) is 0.421. The smallest absolute Gasteiger partial charge is 0.240 e. The molecule has 0 bridgehead atoms. The average Bonchev–Trinajstić information content (AvgIpc) is 1.82. The van der Waals surface area contributed by atoms with Crippen LogP contribution in [0.5, 0.6) is 0 Å². The van der Waals surface area contributed by atoms with Gasteiger partial charge >= 0.3 is 6.18 Å². The lowest BCUT2D eigenvalue weighted by molar-refractivity contribution is -0.128. The molecule has 0 saturated carbocycles. The van der Waals surface area contributed by atoms with Gasteiger partial charge < -0.3 is 0 Å². The second-order valence-electron chi connectivity index (χ2n) is 2.31. The van der Waals surface area contributed by atoms with Crippen LogP contribution in [0.15, 0.2) is 6.20 Å². The molecule has 1 heterocycles. The summed E-state index contributed by atoms with van der Waals surface area (Å²) in [6.45, 7) is 1.57. The molecule has 12 heavy (non-hydrogen) atoms. The Balaban J connectivity index is 2.77. The van der Waals surface area contributed by atoms with Crippen molar-refractivity contribution in [3.05, 3.63) is 23.8 Å². The topological polar surface area (TPSA) is 25.8 Å². The van der Waals surface area contributed by atoms with Crippen LogP contribution in [0.1, 0.15) is 11.5 Å². The monoisotopic (exact) mass is 175 g/mol. The zero-order valence-corrected chi connectivity index (χ0v) is 6.31. The summed E-state index contributed by atoms with van der Waals surface area (Å²) < 4.78 is 35.3. The Morgan fingerprint density at radius 2 is 2.17 bits per heavy atom. The molecule has 0 atom stereocenters. The fraction of sp³-hybridized carbons (Fsp3) is 0.429. The molecule has 1 rings (SSSR count). The van der Waals surface area contributed by atoms with Crippen LogP contribution < -0.4 is 0 Å². The van der Waals surface area contributed by atoms with E-state index in [2.05, 4.69) is 16.0 Å². The number of rotatable bonds is 1. The zero-order valence-electron chi connectivity index (χ0n) is 6.31. The van der Waals surface area contributed by atoms with Crippen molar-refractivity contribution in [2.24, 2.45) is 0 Å². The van der Waals surface area contributed by atoms with Crippen LogP contribution >= 0.6 is 0 Å². The molecule has 2 nitrogen and oxygen atoms in total. The van der Waals surface area contributed by atoms with E-state index in [1.165, 1.54) is 6.20 Å². The van der Waals surface area contributed by atoms with E-state index in [1.807, 2.05) is 0 Å². The number of halogens is 3. The van der Waals surface area contributed by atoms with Crippen molar-refractivity contribution in [1.82, 2.24) is 9.97 Å². The molecule has 0 N–H and O–H groups in total. The maximum atomic E-state index is 11.8. The summed E-state index contributed by atoms with van der Waals surface area (Å²) in [6, 6.07) is 2.57. The van der Waals surface area contributed by atoms with E-state index in [0.717, 1.165) is 0 Å². The van der Waals surface area contributed by atoms with Crippen LogP contribution in [0.4, 0.5) is 13.2 Å². The van der Waals surface area contributed by atoms with Crippen molar-refractivity contribution in [2.45, 2.75) is 19.5 Å². The van der Waals surface area contributed by atoms with E-state index in [-0.39, 0.29) is 5.82 Å². The maximum Gasteiger partial charge on any atom is 0.396 e. The van der Waals surface area contributed by atoms with Gasteiger partial charge in [-0.3, -0.25) is 0 Å². The van der Waals surface area contributed by atoms with E-state index in [1.54, 1.807) is 6.92 Å². The van der Waals surface area contributed by atoms with Crippen molar-refractivity contribution in [1.29, 1.82) is 0 Å². The normalized spacial score (nSPS) is 11.7. The molecule has 65 valence electrons.